The van der Waals surface area contributed by atoms with E-state index in [4.69, 9.17) is 14.0 Å². The van der Waals surface area contributed by atoms with E-state index in [2.05, 4.69) is 78.9 Å². The molecule has 1 aliphatic heterocycles. The number of carbonyl (C=O) groups is 1. The molecular formula is C32H58BNO4Sn. The van der Waals surface area contributed by atoms with Crippen LogP contribution in [0.15, 0.2) is 18.2 Å². The summed E-state index contributed by atoms with van der Waals surface area (Å²) in [5.74, 6) is 0. The van der Waals surface area contributed by atoms with Crippen LogP contribution in [0.1, 0.15) is 120 Å². The predicted octanol–water partition coefficient (Wildman–Crippen LogP) is 7.50. The van der Waals surface area contributed by atoms with Crippen molar-refractivity contribution in [2.75, 3.05) is 0 Å². The Hall–Kier alpha value is -0.726. The molecule has 1 amide bonds. The van der Waals surface area contributed by atoms with Crippen molar-refractivity contribution in [3.8, 4) is 0 Å². The van der Waals surface area contributed by atoms with Gasteiger partial charge in [-0.3, -0.25) is 0 Å². The zero-order chi connectivity index (χ0) is 29.5. The van der Waals surface area contributed by atoms with Crippen LogP contribution in [-0.2, 0) is 20.5 Å². The van der Waals surface area contributed by atoms with Gasteiger partial charge in [-0.2, -0.15) is 0 Å². The van der Waals surface area contributed by atoms with Crippen molar-refractivity contribution in [2.45, 2.75) is 157 Å². The minimum atomic E-state index is -2.82. The average Bonchev–Trinajstić information content (AvgIpc) is 3.04. The molecule has 1 fully saturated rings. The van der Waals surface area contributed by atoms with E-state index in [1.165, 1.54) is 57.4 Å². The Bertz CT molecular complexity index is 889. The number of amides is 1. The van der Waals surface area contributed by atoms with Gasteiger partial charge in [-0.05, 0) is 0 Å². The molecule has 1 aromatic rings. The summed E-state index contributed by atoms with van der Waals surface area (Å²) < 4.78 is 24.4. The number of rotatable bonds is 14. The van der Waals surface area contributed by atoms with Crippen molar-refractivity contribution in [1.82, 2.24) is 5.32 Å². The second-order valence-corrected chi connectivity index (χ2v) is 27.0. The van der Waals surface area contributed by atoms with Gasteiger partial charge in [0.05, 0.1) is 0 Å². The molecule has 0 bridgehead atoms. The number of nitrogens with one attached hydrogen (secondary N) is 1. The standard InChI is InChI=1S/C20H31BNO4.3C4H9.Sn/c1-14(22-17(23)24-18(2,3)4)13-15-9-11-16(12-10-15)21-25-19(5,6)20(7,8)26-21;3*1-3-4-2;/h9,11-12,14H,13H2,1-8H3,(H,22,23);3*1,3-4H2,2H3;. The molecule has 1 aromatic carbocycles. The molecule has 1 N–H and O–H groups in total. The summed E-state index contributed by atoms with van der Waals surface area (Å²) in [5.41, 5.74) is 1.31. The van der Waals surface area contributed by atoms with Crippen LogP contribution in [-0.4, -0.2) is 54.4 Å². The van der Waals surface area contributed by atoms with Gasteiger partial charge in [-0.1, -0.05) is 0 Å². The molecule has 5 nitrogen and oxygen atoms in total. The van der Waals surface area contributed by atoms with Crippen LogP contribution >= 0.6 is 0 Å². The summed E-state index contributed by atoms with van der Waals surface area (Å²) in [6, 6.07) is 6.98. The Labute approximate surface area is 244 Å². The van der Waals surface area contributed by atoms with Gasteiger partial charge in [0.2, 0.25) is 0 Å². The molecule has 1 heterocycles. The summed E-state index contributed by atoms with van der Waals surface area (Å²) in [5, 5.41) is 3.10. The normalized spacial score (nSPS) is 17.8. The van der Waals surface area contributed by atoms with Gasteiger partial charge in [0.15, 0.2) is 0 Å². The van der Waals surface area contributed by atoms with E-state index in [1.807, 2.05) is 20.8 Å². The third kappa shape index (κ3) is 9.66. The van der Waals surface area contributed by atoms with E-state index in [-0.39, 0.29) is 30.5 Å². The van der Waals surface area contributed by atoms with E-state index in [9.17, 15) is 4.79 Å². The van der Waals surface area contributed by atoms with Crippen LogP contribution in [0.4, 0.5) is 4.79 Å². The summed E-state index contributed by atoms with van der Waals surface area (Å²) in [6.07, 6.45) is 8.07. The zero-order valence-electron chi connectivity index (χ0n) is 27.1. The molecule has 0 aliphatic carbocycles. The maximum atomic E-state index is 12.6. The van der Waals surface area contributed by atoms with Gasteiger partial charge in [0.1, 0.15) is 0 Å². The molecule has 0 radical (unpaired) electrons. The van der Waals surface area contributed by atoms with Gasteiger partial charge in [0, 0.05) is 0 Å². The van der Waals surface area contributed by atoms with E-state index in [0.29, 0.717) is 0 Å². The third-order valence-electron chi connectivity index (χ3n) is 8.55. The molecule has 0 saturated carbocycles. The van der Waals surface area contributed by atoms with Gasteiger partial charge in [-0.15, -0.1) is 0 Å². The maximum absolute atomic E-state index is 12.6. The molecule has 39 heavy (non-hydrogen) atoms. The van der Waals surface area contributed by atoms with Crippen molar-refractivity contribution in [1.29, 1.82) is 0 Å². The molecule has 1 aliphatic rings. The van der Waals surface area contributed by atoms with Crippen molar-refractivity contribution in [2.24, 2.45) is 0 Å². The van der Waals surface area contributed by atoms with E-state index >= 15 is 0 Å². The van der Waals surface area contributed by atoms with Crippen molar-refractivity contribution >= 4 is 40.6 Å². The molecule has 2 rings (SSSR count). The molecule has 1 saturated heterocycles. The van der Waals surface area contributed by atoms with Crippen molar-refractivity contribution in [3.63, 3.8) is 0 Å². The summed E-state index contributed by atoms with van der Waals surface area (Å²) in [6.45, 7) is 23.3. The fourth-order valence-corrected chi connectivity index (χ4v) is 22.7. The van der Waals surface area contributed by atoms with E-state index < -0.39 is 24.0 Å². The van der Waals surface area contributed by atoms with Crippen LogP contribution in [0.25, 0.3) is 0 Å². The SMILES string of the molecule is CCC[CH2][Sn]([CH2]CCC)([CH2]CCC)[c]1cc(B2OC(C)(C)C(C)(C)O2)ccc1CC(C)NC(=O)OC(C)(C)C. The molecule has 0 spiro atoms. The number of hydrogen-bond donors (Lipinski definition) is 1. The average molecular weight is 650 g/mol. The first-order chi connectivity index (χ1) is 18.1. The number of unbranched alkanes of at least 4 members (excludes halogenated alkanes) is 3. The Morgan fingerprint density at radius 1 is 0.949 bits per heavy atom. The van der Waals surface area contributed by atoms with Crippen molar-refractivity contribution in [3.05, 3.63) is 23.8 Å². The fourth-order valence-electron chi connectivity index (χ4n) is 5.61. The molecule has 1 unspecified atom stereocenters. The van der Waals surface area contributed by atoms with Crippen LogP contribution in [0, 0.1) is 0 Å². The summed E-state index contributed by atoms with van der Waals surface area (Å²) >= 11 is -2.82. The van der Waals surface area contributed by atoms with Crippen LogP contribution in [0.2, 0.25) is 13.3 Å². The fraction of sp³-hybridized carbons (Fsp3) is 0.781. The Morgan fingerprint density at radius 2 is 1.44 bits per heavy atom. The molecule has 7 heteroatoms. The monoisotopic (exact) mass is 651 g/mol. The van der Waals surface area contributed by atoms with Crippen LogP contribution in [0.3, 0.4) is 0 Å². The first kappa shape index (κ1) is 34.5. The second kappa shape index (κ2) is 14.4. The Kier molecular flexibility index (Phi) is 12.8. The topological polar surface area (TPSA) is 56.8 Å². The van der Waals surface area contributed by atoms with Crippen LogP contribution in [0.5, 0.6) is 0 Å². The summed E-state index contributed by atoms with van der Waals surface area (Å²) in [7, 11) is -0.354. The number of ether oxygens (including phenoxy) is 1. The number of hydrogen-bond acceptors (Lipinski definition) is 4. The predicted molar refractivity (Wildman–Crippen MR) is 169 cm³/mol. The van der Waals surface area contributed by atoms with Crippen LogP contribution < -0.4 is 14.4 Å². The van der Waals surface area contributed by atoms with Gasteiger partial charge in [0.25, 0.3) is 0 Å². The number of alkyl carbamates (subject to hydrolysis) is 1. The summed E-state index contributed by atoms with van der Waals surface area (Å²) in [4.78, 5) is 12.6. The van der Waals surface area contributed by atoms with Gasteiger partial charge < -0.3 is 0 Å². The first-order valence-electron chi connectivity index (χ1n) is 15.6. The molecule has 0 aromatic heterocycles. The van der Waals surface area contributed by atoms with Crippen molar-refractivity contribution < 1.29 is 18.8 Å². The van der Waals surface area contributed by atoms with Gasteiger partial charge in [-0.25, -0.2) is 0 Å². The first-order valence-corrected chi connectivity index (χ1v) is 23.1. The number of benzene rings is 1. The minimum absolute atomic E-state index is 0.0196. The molecule has 1 atom stereocenters. The van der Waals surface area contributed by atoms with E-state index in [1.54, 1.807) is 3.58 Å². The number of carbonyl (C=O) groups excluding carboxylic acids is 1. The Balaban J connectivity index is 2.56. The zero-order valence-corrected chi connectivity index (χ0v) is 29.9. The van der Waals surface area contributed by atoms with Gasteiger partial charge >= 0.3 is 246 Å². The quantitative estimate of drug-likeness (QED) is 0.212. The molecular weight excluding hydrogens is 592 g/mol. The van der Waals surface area contributed by atoms with E-state index in [0.717, 1.165) is 11.9 Å². The third-order valence-corrected chi connectivity index (χ3v) is 24.4. The Morgan fingerprint density at radius 3 is 1.87 bits per heavy atom. The second-order valence-electron chi connectivity index (χ2n) is 13.8. The molecule has 222 valence electrons.